The molecule has 0 heterocycles. The number of rotatable bonds is 6. The van der Waals surface area contributed by atoms with Gasteiger partial charge in [0.1, 0.15) is 18.2 Å². The van der Waals surface area contributed by atoms with Crippen LogP contribution in [0.25, 0.3) is 10.8 Å². The molecule has 0 saturated carbocycles. The molecule has 0 N–H and O–H groups in total. The fourth-order valence-electron chi connectivity index (χ4n) is 4.44. The highest BCUT2D eigenvalue weighted by Crippen LogP contribution is 2.37. The maximum absolute atomic E-state index is 15.4. The van der Waals surface area contributed by atoms with Crippen molar-refractivity contribution in [3.8, 4) is 5.75 Å². The summed E-state index contributed by atoms with van der Waals surface area (Å²) in [4.78, 5) is 0. The Hall–Kier alpha value is -2.61. The Morgan fingerprint density at radius 3 is 2.79 bits per heavy atom. The summed E-state index contributed by atoms with van der Waals surface area (Å²) in [6.07, 6.45) is 8.97. The van der Waals surface area contributed by atoms with Gasteiger partial charge in [-0.1, -0.05) is 61.9 Å². The molecule has 3 aromatic rings. The van der Waals surface area contributed by atoms with E-state index in [1.807, 2.05) is 37.3 Å². The van der Waals surface area contributed by atoms with E-state index < -0.39 is 0 Å². The van der Waals surface area contributed by atoms with Gasteiger partial charge in [0.05, 0.1) is 0 Å². The second kappa shape index (κ2) is 8.82. The standard InChI is InChI=1S/C27H29FO/c1-3-5-15-29-24-12-10-20-17-23(9-8-21(20)18-24)26-14-11-22-16-19(6-4-2)7-13-25(22)27(26)28/h3,5,7,10-14,16,18,23H,4,6,8-9,15,17H2,1-2H3. The molecule has 29 heavy (non-hydrogen) atoms. The number of aryl methyl sites for hydroxylation is 2. The Morgan fingerprint density at radius 1 is 1.07 bits per heavy atom. The second-order valence-corrected chi connectivity index (χ2v) is 8.02. The van der Waals surface area contributed by atoms with Crippen LogP contribution in [0.5, 0.6) is 5.75 Å². The van der Waals surface area contributed by atoms with E-state index in [1.165, 1.54) is 16.7 Å². The van der Waals surface area contributed by atoms with Crippen molar-refractivity contribution < 1.29 is 9.13 Å². The molecule has 150 valence electrons. The van der Waals surface area contributed by atoms with Crippen molar-refractivity contribution in [3.63, 3.8) is 0 Å². The lowest BCUT2D eigenvalue weighted by Crippen LogP contribution is -2.14. The van der Waals surface area contributed by atoms with Gasteiger partial charge in [0, 0.05) is 5.39 Å². The van der Waals surface area contributed by atoms with Crippen LogP contribution in [0.1, 0.15) is 54.9 Å². The molecule has 0 bridgehead atoms. The van der Waals surface area contributed by atoms with Crippen LogP contribution in [0.15, 0.2) is 60.7 Å². The number of hydrogen-bond acceptors (Lipinski definition) is 1. The molecular formula is C27H29FO. The van der Waals surface area contributed by atoms with Crippen molar-refractivity contribution in [2.45, 2.75) is 51.9 Å². The molecule has 0 aromatic heterocycles. The fraction of sp³-hybridized carbons (Fsp3) is 0.333. The molecule has 3 aromatic carbocycles. The molecule has 1 aliphatic carbocycles. The van der Waals surface area contributed by atoms with Crippen LogP contribution in [-0.4, -0.2) is 6.61 Å². The van der Waals surface area contributed by atoms with Gasteiger partial charge in [-0.25, -0.2) is 4.39 Å². The molecule has 0 amide bonds. The lowest BCUT2D eigenvalue weighted by Gasteiger charge is -2.26. The summed E-state index contributed by atoms with van der Waals surface area (Å²) >= 11 is 0. The SMILES string of the molecule is CC=CCOc1ccc2c(c1)CCC(c1ccc3cc(CCC)ccc3c1F)C2. The van der Waals surface area contributed by atoms with Gasteiger partial charge in [0.25, 0.3) is 0 Å². The van der Waals surface area contributed by atoms with E-state index in [4.69, 9.17) is 4.74 Å². The maximum Gasteiger partial charge on any atom is 0.134 e. The van der Waals surface area contributed by atoms with Crippen LogP contribution < -0.4 is 4.74 Å². The first-order valence-corrected chi connectivity index (χ1v) is 10.8. The quantitative estimate of drug-likeness (QED) is 0.407. The highest BCUT2D eigenvalue weighted by atomic mass is 19.1. The summed E-state index contributed by atoms with van der Waals surface area (Å²) in [5.74, 6) is 1.11. The number of hydrogen-bond donors (Lipinski definition) is 0. The van der Waals surface area contributed by atoms with Crippen molar-refractivity contribution in [1.82, 2.24) is 0 Å². The predicted molar refractivity (Wildman–Crippen MR) is 119 cm³/mol. The summed E-state index contributed by atoms with van der Waals surface area (Å²) in [5.41, 5.74) is 4.80. The minimum absolute atomic E-state index is 0.0368. The maximum atomic E-state index is 15.4. The molecule has 1 nitrogen and oxygen atoms in total. The summed E-state index contributed by atoms with van der Waals surface area (Å²) in [7, 11) is 0. The summed E-state index contributed by atoms with van der Waals surface area (Å²) in [5, 5.41) is 1.76. The largest absolute Gasteiger partial charge is 0.490 e. The Kier molecular flexibility index (Phi) is 5.99. The van der Waals surface area contributed by atoms with Gasteiger partial charge in [-0.15, -0.1) is 0 Å². The van der Waals surface area contributed by atoms with Crippen molar-refractivity contribution in [3.05, 3.63) is 88.8 Å². The minimum atomic E-state index is -0.0368. The minimum Gasteiger partial charge on any atom is -0.490 e. The number of allylic oxidation sites excluding steroid dienone is 1. The molecule has 1 aliphatic rings. The van der Waals surface area contributed by atoms with Crippen LogP contribution in [-0.2, 0) is 19.3 Å². The van der Waals surface area contributed by atoms with E-state index in [2.05, 4.69) is 37.3 Å². The average Bonchev–Trinajstić information content (AvgIpc) is 2.74. The van der Waals surface area contributed by atoms with Crippen LogP contribution in [0.4, 0.5) is 4.39 Å². The summed E-state index contributed by atoms with van der Waals surface area (Å²) < 4.78 is 21.1. The highest BCUT2D eigenvalue weighted by molar-refractivity contribution is 5.84. The van der Waals surface area contributed by atoms with E-state index >= 15 is 4.39 Å². The third-order valence-corrected chi connectivity index (χ3v) is 6.01. The molecule has 0 fully saturated rings. The van der Waals surface area contributed by atoms with Gasteiger partial charge in [0.15, 0.2) is 0 Å². The molecular weight excluding hydrogens is 359 g/mol. The van der Waals surface area contributed by atoms with Gasteiger partial charge in [0.2, 0.25) is 0 Å². The van der Waals surface area contributed by atoms with Crippen LogP contribution >= 0.6 is 0 Å². The van der Waals surface area contributed by atoms with Crippen LogP contribution in [0.2, 0.25) is 0 Å². The Bertz CT molecular complexity index is 1030. The molecule has 2 heteroatoms. The van der Waals surface area contributed by atoms with Crippen molar-refractivity contribution in [2.75, 3.05) is 6.61 Å². The monoisotopic (exact) mass is 388 g/mol. The molecule has 1 unspecified atom stereocenters. The van der Waals surface area contributed by atoms with Crippen molar-refractivity contribution in [1.29, 1.82) is 0 Å². The van der Waals surface area contributed by atoms with E-state index in [0.717, 1.165) is 54.2 Å². The lowest BCUT2D eigenvalue weighted by atomic mass is 9.79. The predicted octanol–water partition coefficient (Wildman–Crippen LogP) is 7.16. The van der Waals surface area contributed by atoms with Gasteiger partial charge in [-0.3, -0.25) is 0 Å². The zero-order chi connectivity index (χ0) is 20.2. The summed E-state index contributed by atoms with van der Waals surface area (Å²) in [6, 6.07) is 16.6. The van der Waals surface area contributed by atoms with Gasteiger partial charge < -0.3 is 4.74 Å². The Morgan fingerprint density at radius 2 is 1.97 bits per heavy atom. The molecule has 0 spiro atoms. The lowest BCUT2D eigenvalue weighted by molar-refractivity contribution is 0.361. The molecule has 1 atom stereocenters. The van der Waals surface area contributed by atoms with E-state index in [-0.39, 0.29) is 11.7 Å². The van der Waals surface area contributed by atoms with Crippen molar-refractivity contribution >= 4 is 10.8 Å². The van der Waals surface area contributed by atoms with Crippen molar-refractivity contribution in [2.24, 2.45) is 0 Å². The first-order chi connectivity index (χ1) is 14.2. The summed E-state index contributed by atoms with van der Waals surface area (Å²) in [6.45, 7) is 4.76. The first kappa shape index (κ1) is 19.7. The zero-order valence-corrected chi connectivity index (χ0v) is 17.4. The molecule has 0 aliphatic heterocycles. The Labute approximate surface area is 173 Å². The number of ether oxygens (including phenoxy) is 1. The van der Waals surface area contributed by atoms with Gasteiger partial charge >= 0.3 is 0 Å². The molecule has 0 radical (unpaired) electrons. The Balaban J connectivity index is 1.56. The van der Waals surface area contributed by atoms with E-state index in [0.29, 0.717) is 6.61 Å². The zero-order valence-electron chi connectivity index (χ0n) is 17.4. The van der Waals surface area contributed by atoms with E-state index in [1.54, 1.807) is 0 Å². The smallest absolute Gasteiger partial charge is 0.134 e. The number of benzene rings is 3. The highest BCUT2D eigenvalue weighted by Gasteiger charge is 2.24. The second-order valence-electron chi connectivity index (χ2n) is 8.02. The van der Waals surface area contributed by atoms with E-state index in [9.17, 15) is 0 Å². The third-order valence-electron chi connectivity index (χ3n) is 6.01. The number of halogens is 1. The van der Waals surface area contributed by atoms with Crippen LogP contribution in [0, 0.1) is 5.82 Å². The third kappa shape index (κ3) is 4.22. The topological polar surface area (TPSA) is 9.23 Å². The average molecular weight is 389 g/mol. The molecule has 0 saturated heterocycles. The van der Waals surface area contributed by atoms with Crippen LogP contribution in [0.3, 0.4) is 0 Å². The molecule has 4 rings (SSSR count). The first-order valence-electron chi connectivity index (χ1n) is 10.8. The fourth-order valence-corrected chi connectivity index (χ4v) is 4.44. The number of fused-ring (bicyclic) bond motifs is 2. The van der Waals surface area contributed by atoms with Gasteiger partial charge in [-0.05, 0) is 78.3 Å². The normalized spacial score (nSPS) is 16.3. The van der Waals surface area contributed by atoms with Gasteiger partial charge in [-0.2, -0.15) is 0 Å².